The third-order valence-electron chi connectivity index (χ3n) is 4.35. The summed E-state index contributed by atoms with van der Waals surface area (Å²) >= 11 is 0. The van der Waals surface area contributed by atoms with E-state index in [0.717, 1.165) is 26.1 Å². The Hall–Kier alpha value is -0.680. The Morgan fingerprint density at radius 2 is 2.00 bits per heavy atom. The average molecular weight is 264 g/mol. The normalized spacial score (nSPS) is 37.0. The first-order chi connectivity index (χ1) is 9.34. The van der Waals surface area contributed by atoms with Gasteiger partial charge in [-0.25, -0.2) is 0 Å². The Kier molecular flexibility index (Phi) is 4.03. The zero-order valence-electron chi connectivity index (χ0n) is 11.7. The molecule has 2 atom stereocenters. The number of allylic oxidation sites excluding steroid dienone is 2. The highest BCUT2D eigenvalue weighted by molar-refractivity contribution is 5.21. The number of fused-ring (bicyclic) bond motifs is 1. The summed E-state index contributed by atoms with van der Waals surface area (Å²) in [4.78, 5) is 2.49. The monoisotopic (exact) mass is 264 g/mol. The van der Waals surface area contributed by atoms with Crippen molar-refractivity contribution in [2.24, 2.45) is 0 Å². The van der Waals surface area contributed by atoms with Gasteiger partial charge in [0.25, 0.3) is 0 Å². The molecule has 1 unspecified atom stereocenters. The van der Waals surface area contributed by atoms with Crippen molar-refractivity contribution in [3.63, 3.8) is 0 Å². The molecule has 0 bridgehead atoms. The van der Waals surface area contributed by atoms with Crippen molar-refractivity contribution in [1.29, 1.82) is 0 Å². The molecule has 3 aliphatic rings. The summed E-state index contributed by atoms with van der Waals surface area (Å²) in [7, 11) is 1.96. The van der Waals surface area contributed by atoms with Crippen molar-refractivity contribution in [2.75, 3.05) is 26.7 Å². The van der Waals surface area contributed by atoms with Crippen LogP contribution in [0.5, 0.6) is 0 Å². The van der Waals surface area contributed by atoms with Gasteiger partial charge in [-0.3, -0.25) is 10.2 Å². The standard InChI is InChI=1S/C15H24N2O2/c1-16-15-9-5-2-6-10-17(13-7-3-4-8-13)11-12-18-14(15)19-15/h3-4,7-8,13-14,16H,2,5-6,9-12H2,1H3/t14?,15-/m0/s1. The maximum Gasteiger partial charge on any atom is 0.202 e. The Labute approximate surface area is 115 Å². The number of nitrogens with zero attached hydrogens (tertiary/aromatic N) is 1. The largest absolute Gasteiger partial charge is 0.347 e. The van der Waals surface area contributed by atoms with Gasteiger partial charge in [0.1, 0.15) is 0 Å². The lowest BCUT2D eigenvalue weighted by Crippen LogP contribution is -2.36. The highest BCUT2D eigenvalue weighted by atomic mass is 16.8. The van der Waals surface area contributed by atoms with Crippen molar-refractivity contribution in [1.82, 2.24) is 10.2 Å². The van der Waals surface area contributed by atoms with Gasteiger partial charge in [0.05, 0.1) is 6.61 Å². The van der Waals surface area contributed by atoms with E-state index in [4.69, 9.17) is 9.47 Å². The third kappa shape index (κ3) is 2.92. The molecule has 4 heteroatoms. The van der Waals surface area contributed by atoms with Crippen LogP contribution < -0.4 is 5.32 Å². The Morgan fingerprint density at radius 3 is 2.79 bits per heavy atom. The predicted molar refractivity (Wildman–Crippen MR) is 74.7 cm³/mol. The maximum atomic E-state index is 5.86. The van der Waals surface area contributed by atoms with Crippen LogP contribution in [-0.4, -0.2) is 49.7 Å². The van der Waals surface area contributed by atoms with Crippen molar-refractivity contribution >= 4 is 0 Å². The summed E-state index contributed by atoms with van der Waals surface area (Å²) in [6, 6.07) is 0.457. The van der Waals surface area contributed by atoms with E-state index in [-0.39, 0.29) is 12.0 Å². The van der Waals surface area contributed by atoms with E-state index in [1.165, 1.54) is 19.3 Å². The van der Waals surface area contributed by atoms with Crippen LogP contribution in [0.3, 0.4) is 0 Å². The lowest BCUT2D eigenvalue weighted by Gasteiger charge is -2.26. The fraction of sp³-hybridized carbons (Fsp3) is 0.733. The number of ether oxygens (including phenoxy) is 2. The second kappa shape index (κ2) is 5.75. The minimum Gasteiger partial charge on any atom is -0.347 e. The second-order valence-corrected chi connectivity index (χ2v) is 5.57. The molecular weight excluding hydrogens is 240 g/mol. The van der Waals surface area contributed by atoms with E-state index in [1.54, 1.807) is 0 Å². The number of hydrogen-bond donors (Lipinski definition) is 1. The second-order valence-electron chi connectivity index (χ2n) is 5.57. The van der Waals surface area contributed by atoms with E-state index >= 15 is 0 Å². The molecule has 1 aliphatic carbocycles. The summed E-state index contributed by atoms with van der Waals surface area (Å²) in [6.07, 6.45) is 13.5. The van der Waals surface area contributed by atoms with Crippen molar-refractivity contribution in [3.05, 3.63) is 24.3 Å². The van der Waals surface area contributed by atoms with Gasteiger partial charge in [-0.05, 0) is 32.9 Å². The molecule has 3 rings (SSSR count). The fourth-order valence-electron chi connectivity index (χ4n) is 3.03. The molecule has 0 aromatic rings. The minimum absolute atomic E-state index is 0.0490. The van der Waals surface area contributed by atoms with Gasteiger partial charge in [-0.1, -0.05) is 30.7 Å². The number of likely N-dealkylation sites (N-methyl/N-ethyl adjacent to an activating group) is 1. The van der Waals surface area contributed by atoms with Crippen LogP contribution in [0.2, 0.25) is 0 Å². The van der Waals surface area contributed by atoms with Crippen LogP contribution in [0.15, 0.2) is 24.3 Å². The molecule has 0 radical (unpaired) electrons. The lowest BCUT2D eigenvalue weighted by molar-refractivity contribution is 0.0339. The third-order valence-corrected chi connectivity index (χ3v) is 4.35. The molecule has 0 aromatic heterocycles. The van der Waals surface area contributed by atoms with Crippen LogP contribution >= 0.6 is 0 Å². The van der Waals surface area contributed by atoms with Gasteiger partial charge in [0.15, 0.2) is 5.72 Å². The fourth-order valence-corrected chi connectivity index (χ4v) is 3.03. The first-order valence-corrected chi connectivity index (χ1v) is 7.41. The molecule has 0 spiro atoms. The summed E-state index contributed by atoms with van der Waals surface area (Å²) < 4.78 is 11.6. The van der Waals surface area contributed by atoms with Crippen LogP contribution in [0.25, 0.3) is 0 Å². The summed E-state index contributed by atoms with van der Waals surface area (Å²) in [5.74, 6) is 0. The van der Waals surface area contributed by atoms with Crippen LogP contribution in [0.1, 0.15) is 25.7 Å². The van der Waals surface area contributed by atoms with E-state index in [0.29, 0.717) is 6.04 Å². The highest BCUT2D eigenvalue weighted by Gasteiger charge is 2.56. The van der Waals surface area contributed by atoms with Crippen LogP contribution in [0, 0.1) is 0 Å². The van der Waals surface area contributed by atoms with E-state index in [1.807, 2.05) is 7.05 Å². The molecule has 106 valence electrons. The zero-order chi connectivity index (χ0) is 13.1. The van der Waals surface area contributed by atoms with Crippen LogP contribution in [0.4, 0.5) is 0 Å². The Balaban J connectivity index is 1.57. The first kappa shape index (κ1) is 13.3. The van der Waals surface area contributed by atoms with Crippen molar-refractivity contribution in [3.8, 4) is 0 Å². The van der Waals surface area contributed by atoms with E-state index < -0.39 is 0 Å². The Morgan fingerprint density at radius 1 is 1.16 bits per heavy atom. The molecular formula is C15H24N2O2. The quantitative estimate of drug-likeness (QED) is 0.769. The molecule has 0 amide bonds. The smallest absolute Gasteiger partial charge is 0.202 e. The van der Waals surface area contributed by atoms with Crippen molar-refractivity contribution in [2.45, 2.75) is 43.7 Å². The van der Waals surface area contributed by atoms with Crippen molar-refractivity contribution < 1.29 is 9.47 Å². The molecule has 19 heavy (non-hydrogen) atoms. The number of nitrogens with one attached hydrogen (secondary N) is 1. The van der Waals surface area contributed by atoms with Crippen LogP contribution in [-0.2, 0) is 9.47 Å². The zero-order valence-corrected chi connectivity index (χ0v) is 11.7. The molecule has 0 saturated carbocycles. The first-order valence-electron chi connectivity index (χ1n) is 7.41. The molecule has 1 N–H and O–H groups in total. The van der Waals surface area contributed by atoms with E-state index in [9.17, 15) is 0 Å². The summed E-state index contributed by atoms with van der Waals surface area (Å²) in [5.41, 5.74) is -0.192. The van der Waals surface area contributed by atoms with Gasteiger partial charge in [0.2, 0.25) is 6.29 Å². The van der Waals surface area contributed by atoms with Gasteiger partial charge in [-0.15, -0.1) is 0 Å². The minimum atomic E-state index is -0.192. The Bertz CT molecular complexity index is 357. The number of rotatable bonds is 2. The molecule has 4 nitrogen and oxygen atoms in total. The van der Waals surface area contributed by atoms with Gasteiger partial charge in [-0.2, -0.15) is 0 Å². The highest BCUT2D eigenvalue weighted by Crippen LogP contribution is 2.39. The SMILES string of the molecule is CN[C@]12CCCCCN(C3C=CC=C3)CCOC1O2. The number of hydrogen-bond acceptors (Lipinski definition) is 4. The molecule has 2 heterocycles. The molecule has 2 aliphatic heterocycles. The van der Waals surface area contributed by atoms with Gasteiger partial charge in [0, 0.05) is 12.6 Å². The average Bonchev–Trinajstić information content (AvgIpc) is 2.84. The molecule has 2 saturated heterocycles. The summed E-state index contributed by atoms with van der Waals surface area (Å²) in [6.45, 7) is 2.87. The molecule has 0 aromatic carbocycles. The maximum absolute atomic E-state index is 5.86. The van der Waals surface area contributed by atoms with E-state index in [2.05, 4.69) is 34.5 Å². The van der Waals surface area contributed by atoms with Gasteiger partial charge < -0.3 is 9.47 Å². The predicted octanol–water partition coefficient (Wildman–Crippen LogP) is 1.65. The lowest BCUT2D eigenvalue weighted by atomic mass is 10.1. The van der Waals surface area contributed by atoms with Gasteiger partial charge >= 0.3 is 0 Å². The topological polar surface area (TPSA) is 37.0 Å². The summed E-state index contributed by atoms with van der Waals surface area (Å²) in [5, 5.41) is 3.27. The number of epoxide rings is 1. The molecule has 2 fully saturated rings.